The lowest BCUT2D eigenvalue weighted by Gasteiger charge is -2.06. The third kappa shape index (κ3) is 3.36. The Kier molecular flexibility index (Phi) is 4.17. The zero-order valence-electron chi connectivity index (χ0n) is 7.78. The number of carbonyl (C=O) groups is 1. The molecule has 1 rings (SSSR count). The number of sulfonamides is 1. The van der Waals surface area contributed by atoms with Crippen LogP contribution in [0.15, 0.2) is 18.2 Å². The number of hydrogen-bond acceptors (Lipinski definition) is 3. The van der Waals surface area contributed by atoms with Gasteiger partial charge in [0.05, 0.1) is 10.6 Å². The topological polar surface area (TPSA) is 83.5 Å². The van der Waals surface area contributed by atoms with Gasteiger partial charge in [-0.3, -0.25) is 4.72 Å². The summed E-state index contributed by atoms with van der Waals surface area (Å²) in [5.41, 5.74) is -0.00214. The molecule has 0 saturated heterocycles. The minimum Gasteiger partial charge on any atom is -0.478 e. The largest absolute Gasteiger partial charge is 0.478 e. The zero-order chi connectivity index (χ0) is 12.3. The van der Waals surface area contributed by atoms with Crippen LogP contribution in [0.5, 0.6) is 0 Å². The fourth-order valence-electron chi connectivity index (χ4n) is 0.959. The zero-order valence-corrected chi connectivity index (χ0v) is 10.9. The van der Waals surface area contributed by atoms with Gasteiger partial charge in [0.2, 0.25) is 10.0 Å². The summed E-state index contributed by atoms with van der Waals surface area (Å²) in [7, 11) is -3.50. The Labute approximate surface area is 106 Å². The number of nitrogens with one attached hydrogen (secondary N) is 1. The van der Waals surface area contributed by atoms with E-state index in [-0.39, 0.29) is 20.9 Å². The quantitative estimate of drug-likeness (QED) is 0.829. The lowest BCUT2D eigenvalue weighted by atomic mass is 10.2. The minimum absolute atomic E-state index is 0.0503. The van der Waals surface area contributed by atoms with Crippen molar-refractivity contribution in [1.29, 1.82) is 0 Å². The molecule has 0 saturated carbocycles. The molecule has 0 aliphatic carbocycles. The van der Waals surface area contributed by atoms with Gasteiger partial charge in [0, 0.05) is 5.69 Å². The molecule has 0 heterocycles. The van der Waals surface area contributed by atoms with Gasteiger partial charge in [-0.15, -0.1) is 0 Å². The van der Waals surface area contributed by atoms with E-state index in [9.17, 15) is 13.2 Å². The molecule has 0 bridgehead atoms. The van der Waals surface area contributed by atoms with Crippen LogP contribution in [0.1, 0.15) is 10.4 Å². The van der Waals surface area contributed by atoms with E-state index in [0.717, 1.165) is 6.07 Å². The van der Waals surface area contributed by atoms with Gasteiger partial charge in [-0.1, -0.05) is 27.5 Å². The molecule has 0 aromatic heterocycles. The minimum atomic E-state index is -3.50. The van der Waals surface area contributed by atoms with Crippen LogP contribution in [0.2, 0.25) is 5.02 Å². The number of carboxylic acids is 1. The van der Waals surface area contributed by atoms with Crippen LogP contribution >= 0.6 is 27.5 Å². The Hall–Kier alpha value is -0.790. The monoisotopic (exact) mass is 327 g/mol. The van der Waals surface area contributed by atoms with Gasteiger partial charge in [-0.2, -0.15) is 0 Å². The second-order valence-electron chi connectivity index (χ2n) is 2.83. The van der Waals surface area contributed by atoms with Crippen molar-refractivity contribution in [3.8, 4) is 0 Å². The summed E-state index contributed by atoms with van der Waals surface area (Å²) >= 11 is 8.43. The van der Waals surface area contributed by atoms with Crippen LogP contribution in [-0.4, -0.2) is 24.2 Å². The van der Waals surface area contributed by atoms with Gasteiger partial charge < -0.3 is 5.11 Å². The summed E-state index contributed by atoms with van der Waals surface area (Å²) in [5, 5.41) is 8.82. The van der Waals surface area contributed by atoms with Crippen molar-refractivity contribution in [2.75, 3.05) is 9.38 Å². The van der Waals surface area contributed by atoms with E-state index in [2.05, 4.69) is 20.7 Å². The molecular formula is C8H7BrClNO4S. The Morgan fingerprint density at radius 1 is 1.50 bits per heavy atom. The highest BCUT2D eigenvalue weighted by Gasteiger charge is 2.12. The predicted octanol–water partition coefficient (Wildman–Crippen LogP) is 2.13. The average molecular weight is 329 g/mol. The van der Waals surface area contributed by atoms with Crippen LogP contribution in [0.3, 0.4) is 0 Å². The van der Waals surface area contributed by atoms with E-state index < -0.39 is 16.0 Å². The average Bonchev–Trinajstić information content (AvgIpc) is 2.20. The molecule has 0 aliphatic heterocycles. The summed E-state index contributed by atoms with van der Waals surface area (Å²) in [4.78, 5) is 10.7. The highest BCUT2D eigenvalue weighted by Crippen LogP contribution is 2.21. The second-order valence-corrected chi connectivity index (χ2v) is 6.26. The summed E-state index contributed by atoms with van der Waals surface area (Å²) in [6.45, 7) is 0. The fourth-order valence-corrected chi connectivity index (χ4v) is 2.04. The smallest absolute Gasteiger partial charge is 0.337 e. The van der Waals surface area contributed by atoms with Crippen LogP contribution in [0.25, 0.3) is 0 Å². The van der Waals surface area contributed by atoms with Crippen molar-refractivity contribution in [3.05, 3.63) is 28.8 Å². The Morgan fingerprint density at radius 3 is 2.62 bits per heavy atom. The van der Waals surface area contributed by atoms with Gasteiger partial charge in [0.25, 0.3) is 0 Å². The molecule has 1 aromatic carbocycles. The Balaban J connectivity index is 3.09. The summed E-state index contributed by atoms with van der Waals surface area (Å²) in [6.07, 6.45) is 0. The van der Waals surface area contributed by atoms with E-state index >= 15 is 0 Å². The number of anilines is 1. The first kappa shape index (κ1) is 13.3. The van der Waals surface area contributed by atoms with Crippen molar-refractivity contribution in [2.24, 2.45) is 0 Å². The maximum atomic E-state index is 11.2. The van der Waals surface area contributed by atoms with Gasteiger partial charge >= 0.3 is 5.97 Å². The van der Waals surface area contributed by atoms with Crippen molar-refractivity contribution in [3.63, 3.8) is 0 Å². The van der Waals surface area contributed by atoms with Gasteiger partial charge in [-0.05, 0) is 18.2 Å². The molecule has 0 aliphatic rings. The van der Waals surface area contributed by atoms with Crippen LogP contribution in [0.4, 0.5) is 5.69 Å². The van der Waals surface area contributed by atoms with Crippen molar-refractivity contribution >= 4 is 49.2 Å². The third-order valence-corrected chi connectivity index (χ3v) is 4.59. The first-order valence-electron chi connectivity index (χ1n) is 3.95. The molecular weight excluding hydrogens is 322 g/mol. The van der Waals surface area contributed by atoms with E-state index in [1.54, 1.807) is 0 Å². The molecule has 88 valence electrons. The Morgan fingerprint density at radius 2 is 2.12 bits per heavy atom. The lowest BCUT2D eigenvalue weighted by molar-refractivity contribution is 0.0697. The van der Waals surface area contributed by atoms with Crippen molar-refractivity contribution in [2.45, 2.75) is 0 Å². The summed E-state index contributed by atoms with van der Waals surface area (Å²) in [6, 6.07) is 3.86. The molecule has 0 fully saturated rings. The second kappa shape index (κ2) is 5.03. The molecule has 0 radical (unpaired) electrons. The maximum Gasteiger partial charge on any atom is 0.337 e. The number of carboxylic acid groups (broad SMARTS) is 1. The van der Waals surface area contributed by atoms with E-state index in [1.807, 2.05) is 0 Å². The van der Waals surface area contributed by atoms with Gasteiger partial charge in [0.15, 0.2) is 0 Å². The Bertz CT molecular complexity index is 517. The van der Waals surface area contributed by atoms with Crippen LogP contribution in [0, 0.1) is 0 Å². The van der Waals surface area contributed by atoms with E-state index in [0.29, 0.717) is 0 Å². The van der Waals surface area contributed by atoms with E-state index in [1.165, 1.54) is 12.1 Å². The van der Waals surface area contributed by atoms with Crippen molar-refractivity contribution in [1.82, 2.24) is 0 Å². The molecule has 1 aromatic rings. The molecule has 0 spiro atoms. The van der Waals surface area contributed by atoms with Gasteiger partial charge in [-0.25, -0.2) is 13.2 Å². The predicted molar refractivity (Wildman–Crippen MR) is 64.7 cm³/mol. The molecule has 0 unspecified atom stereocenters. The standard InChI is InChI=1S/C8H7BrClNO4S/c9-4-16(14,15)11-5-1-2-7(10)6(3-5)8(12)13/h1-3,11H,4H2,(H,12,13). The summed E-state index contributed by atoms with van der Waals surface area (Å²) < 4.78 is 24.3. The van der Waals surface area contributed by atoms with Crippen LogP contribution < -0.4 is 4.72 Å². The fraction of sp³-hybridized carbons (Fsp3) is 0.125. The highest BCUT2D eigenvalue weighted by atomic mass is 79.9. The number of rotatable bonds is 4. The first-order valence-corrected chi connectivity index (χ1v) is 7.10. The molecule has 8 heteroatoms. The van der Waals surface area contributed by atoms with Crippen molar-refractivity contribution < 1.29 is 18.3 Å². The maximum absolute atomic E-state index is 11.2. The number of halogens is 2. The third-order valence-electron chi connectivity index (χ3n) is 1.61. The summed E-state index contributed by atoms with van der Waals surface area (Å²) in [5.74, 6) is -1.22. The number of aromatic carboxylic acids is 1. The van der Waals surface area contributed by atoms with Crippen LogP contribution in [-0.2, 0) is 10.0 Å². The SMILES string of the molecule is O=C(O)c1cc(NS(=O)(=O)CBr)ccc1Cl. The highest BCUT2D eigenvalue weighted by molar-refractivity contribution is 9.10. The lowest BCUT2D eigenvalue weighted by Crippen LogP contribution is -2.13. The van der Waals surface area contributed by atoms with Gasteiger partial charge in [0.1, 0.15) is 4.66 Å². The first-order chi connectivity index (χ1) is 7.35. The normalized spacial score (nSPS) is 11.1. The molecule has 5 nitrogen and oxygen atoms in total. The number of alkyl halides is 1. The molecule has 2 N–H and O–H groups in total. The number of hydrogen-bond donors (Lipinski definition) is 2. The number of benzene rings is 1. The van der Waals surface area contributed by atoms with E-state index in [4.69, 9.17) is 16.7 Å². The molecule has 0 amide bonds. The molecule has 16 heavy (non-hydrogen) atoms. The molecule has 0 atom stereocenters.